The second kappa shape index (κ2) is 6.07. The molecule has 1 aromatic rings. The molecule has 3 rings (SSSR count). The highest BCUT2D eigenvalue weighted by atomic mass is 19.1. The molecule has 0 spiro atoms. The standard InChI is InChI=1S/C16H23FN4O3/c1-16(2,3)24-15(23)19-12-5-4-9-7-21(8-10(9)12)14(22)13-11(17)6-18-20-13/h6,9-10,12H,4-5,7-8H2,1-3H3,(H,18,20)(H,19,23)/t9-,10+,12-/m1/s1. The zero-order chi connectivity index (χ0) is 17.5. The molecule has 24 heavy (non-hydrogen) atoms. The second-order valence-corrected chi connectivity index (χ2v) is 7.56. The summed E-state index contributed by atoms with van der Waals surface area (Å²) in [5.41, 5.74) is -0.649. The van der Waals surface area contributed by atoms with Gasteiger partial charge in [-0.2, -0.15) is 5.10 Å². The maximum absolute atomic E-state index is 13.5. The summed E-state index contributed by atoms with van der Waals surface area (Å²) in [6, 6.07) is -0.0192. The van der Waals surface area contributed by atoms with Crippen LogP contribution in [-0.4, -0.2) is 51.8 Å². The molecule has 1 aromatic heterocycles. The second-order valence-electron chi connectivity index (χ2n) is 7.56. The van der Waals surface area contributed by atoms with Crippen molar-refractivity contribution in [3.8, 4) is 0 Å². The molecule has 2 aliphatic rings. The van der Waals surface area contributed by atoms with Gasteiger partial charge >= 0.3 is 6.09 Å². The molecular formula is C16H23FN4O3. The summed E-state index contributed by atoms with van der Waals surface area (Å²) >= 11 is 0. The Kier molecular flexibility index (Phi) is 4.23. The quantitative estimate of drug-likeness (QED) is 0.862. The number of alkyl carbamates (subject to hydrolysis) is 1. The molecule has 0 radical (unpaired) electrons. The molecule has 0 bridgehead atoms. The van der Waals surface area contributed by atoms with Crippen molar-refractivity contribution in [2.75, 3.05) is 13.1 Å². The normalized spacial score (nSPS) is 26.3. The van der Waals surface area contributed by atoms with E-state index in [1.807, 2.05) is 20.8 Å². The van der Waals surface area contributed by atoms with E-state index in [0.29, 0.717) is 19.0 Å². The molecular weight excluding hydrogens is 315 g/mol. The number of hydrogen-bond donors (Lipinski definition) is 2. The van der Waals surface area contributed by atoms with Crippen LogP contribution in [-0.2, 0) is 4.74 Å². The monoisotopic (exact) mass is 338 g/mol. The summed E-state index contributed by atoms with van der Waals surface area (Å²) in [5.74, 6) is -0.525. The molecule has 8 heteroatoms. The molecule has 1 saturated carbocycles. The largest absolute Gasteiger partial charge is 0.444 e. The number of aromatic nitrogens is 2. The Morgan fingerprint density at radius 3 is 2.75 bits per heavy atom. The minimum atomic E-state index is -0.638. The fourth-order valence-electron chi connectivity index (χ4n) is 3.65. The predicted molar refractivity (Wildman–Crippen MR) is 83.8 cm³/mol. The number of hydrogen-bond acceptors (Lipinski definition) is 4. The van der Waals surface area contributed by atoms with Crippen LogP contribution in [0, 0.1) is 17.7 Å². The van der Waals surface area contributed by atoms with Crippen LogP contribution in [0.15, 0.2) is 6.20 Å². The van der Waals surface area contributed by atoms with E-state index in [1.54, 1.807) is 4.90 Å². The van der Waals surface area contributed by atoms with Crippen molar-refractivity contribution >= 4 is 12.0 Å². The van der Waals surface area contributed by atoms with Crippen LogP contribution >= 0.6 is 0 Å². The van der Waals surface area contributed by atoms with Gasteiger partial charge in [0.2, 0.25) is 0 Å². The Balaban J connectivity index is 1.61. The lowest BCUT2D eigenvalue weighted by atomic mass is 9.98. The summed E-state index contributed by atoms with van der Waals surface area (Å²) in [6.07, 6.45) is 2.37. The summed E-state index contributed by atoms with van der Waals surface area (Å²) in [7, 11) is 0. The fraction of sp³-hybridized carbons (Fsp3) is 0.688. The number of likely N-dealkylation sites (tertiary alicyclic amines) is 1. The Morgan fingerprint density at radius 2 is 2.12 bits per heavy atom. The first-order valence-corrected chi connectivity index (χ1v) is 8.22. The van der Waals surface area contributed by atoms with Gasteiger partial charge in [0.15, 0.2) is 11.5 Å². The zero-order valence-corrected chi connectivity index (χ0v) is 14.1. The van der Waals surface area contributed by atoms with E-state index in [9.17, 15) is 14.0 Å². The smallest absolute Gasteiger partial charge is 0.407 e. The van der Waals surface area contributed by atoms with Crippen molar-refractivity contribution in [2.45, 2.75) is 45.3 Å². The van der Waals surface area contributed by atoms with E-state index >= 15 is 0 Å². The van der Waals surface area contributed by atoms with Crippen molar-refractivity contribution in [3.63, 3.8) is 0 Å². The molecule has 2 fully saturated rings. The molecule has 0 aromatic carbocycles. The van der Waals surface area contributed by atoms with Gasteiger partial charge in [-0.1, -0.05) is 0 Å². The minimum Gasteiger partial charge on any atom is -0.444 e. The van der Waals surface area contributed by atoms with Crippen LogP contribution in [0.4, 0.5) is 9.18 Å². The van der Waals surface area contributed by atoms with E-state index in [2.05, 4.69) is 15.5 Å². The molecule has 1 aliphatic carbocycles. The summed E-state index contributed by atoms with van der Waals surface area (Å²) in [5, 5.41) is 8.88. The highest BCUT2D eigenvalue weighted by Crippen LogP contribution is 2.38. The number of rotatable bonds is 2. The first kappa shape index (κ1) is 16.7. The maximum atomic E-state index is 13.5. The van der Waals surface area contributed by atoms with E-state index in [1.165, 1.54) is 0 Å². The summed E-state index contributed by atoms with van der Waals surface area (Å²) < 4.78 is 18.8. The van der Waals surface area contributed by atoms with E-state index in [-0.39, 0.29) is 23.6 Å². The van der Waals surface area contributed by atoms with Crippen LogP contribution in [0.3, 0.4) is 0 Å². The van der Waals surface area contributed by atoms with Gasteiger partial charge in [0, 0.05) is 25.0 Å². The number of carbonyl (C=O) groups is 2. The average Bonchev–Trinajstić information content (AvgIpc) is 3.13. The van der Waals surface area contributed by atoms with Crippen molar-refractivity contribution in [2.24, 2.45) is 11.8 Å². The third-order valence-corrected chi connectivity index (χ3v) is 4.65. The van der Waals surface area contributed by atoms with Gasteiger partial charge in [-0.05, 0) is 39.5 Å². The lowest BCUT2D eigenvalue weighted by Gasteiger charge is -2.24. The van der Waals surface area contributed by atoms with E-state index in [4.69, 9.17) is 4.74 Å². The van der Waals surface area contributed by atoms with E-state index in [0.717, 1.165) is 19.0 Å². The van der Waals surface area contributed by atoms with Crippen molar-refractivity contribution < 1.29 is 18.7 Å². The number of nitrogens with zero attached hydrogens (tertiary/aromatic N) is 2. The van der Waals surface area contributed by atoms with Gasteiger partial charge in [-0.3, -0.25) is 9.89 Å². The first-order chi connectivity index (χ1) is 11.2. The first-order valence-electron chi connectivity index (χ1n) is 8.22. The van der Waals surface area contributed by atoms with Crippen molar-refractivity contribution in [1.29, 1.82) is 0 Å². The summed E-state index contributed by atoms with van der Waals surface area (Å²) in [6.45, 7) is 6.54. The molecule has 2 amide bonds. The third-order valence-electron chi connectivity index (χ3n) is 4.65. The van der Waals surface area contributed by atoms with Gasteiger partial charge in [-0.15, -0.1) is 0 Å². The van der Waals surface area contributed by atoms with E-state index < -0.39 is 17.5 Å². The number of carbonyl (C=O) groups excluding carboxylic acids is 2. The zero-order valence-electron chi connectivity index (χ0n) is 14.1. The Labute approximate surface area is 139 Å². The van der Waals surface area contributed by atoms with Gasteiger partial charge in [0.1, 0.15) is 5.60 Å². The number of amides is 2. The lowest BCUT2D eigenvalue weighted by Crippen LogP contribution is -2.42. The van der Waals surface area contributed by atoms with Crippen molar-refractivity contribution in [1.82, 2.24) is 20.4 Å². The Morgan fingerprint density at radius 1 is 1.38 bits per heavy atom. The van der Waals surface area contributed by atoms with Gasteiger partial charge in [-0.25, -0.2) is 9.18 Å². The SMILES string of the molecule is CC(C)(C)OC(=O)N[C@@H]1CC[C@@H]2CN(C(=O)c3[nH]ncc3F)C[C@@H]21. The number of ether oxygens (including phenoxy) is 1. The van der Waals surface area contributed by atoms with Crippen LogP contribution in [0.2, 0.25) is 0 Å². The Bertz CT molecular complexity index is 640. The van der Waals surface area contributed by atoms with Crippen LogP contribution < -0.4 is 5.32 Å². The van der Waals surface area contributed by atoms with Gasteiger partial charge < -0.3 is 15.0 Å². The number of H-pyrrole nitrogens is 1. The molecule has 2 N–H and O–H groups in total. The molecule has 1 aliphatic heterocycles. The Hall–Kier alpha value is -2.12. The highest BCUT2D eigenvalue weighted by Gasteiger charge is 2.45. The van der Waals surface area contributed by atoms with Crippen LogP contribution in [0.1, 0.15) is 44.1 Å². The number of aromatic amines is 1. The molecule has 7 nitrogen and oxygen atoms in total. The molecule has 0 unspecified atom stereocenters. The summed E-state index contributed by atoms with van der Waals surface area (Å²) in [4.78, 5) is 26.0. The molecule has 132 valence electrons. The minimum absolute atomic E-state index is 0.0192. The third kappa shape index (κ3) is 3.37. The highest BCUT2D eigenvalue weighted by molar-refractivity contribution is 5.92. The number of nitrogens with one attached hydrogen (secondary N) is 2. The van der Waals surface area contributed by atoms with Gasteiger partial charge in [0.25, 0.3) is 5.91 Å². The van der Waals surface area contributed by atoms with Gasteiger partial charge in [0.05, 0.1) is 6.20 Å². The maximum Gasteiger partial charge on any atom is 0.407 e. The lowest BCUT2D eigenvalue weighted by molar-refractivity contribution is 0.0491. The predicted octanol–water partition coefficient (Wildman–Crippen LogP) is 1.92. The molecule has 1 saturated heterocycles. The number of halogens is 1. The average molecular weight is 338 g/mol. The fourth-order valence-corrected chi connectivity index (χ4v) is 3.65. The molecule has 3 atom stereocenters. The molecule has 2 heterocycles. The number of fused-ring (bicyclic) bond motifs is 1. The van der Waals surface area contributed by atoms with Crippen LogP contribution in [0.25, 0.3) is 0 Å². The van der Waals surface area contributed by atoms with Crippen molar-refractivity contribution in [3.05, 3.63) is 17.7 Å². The topological polar surface area (TPSA) is 87.3 Å². The van der Waals surface area contributed by atoms with Crippen LogP contribution in [0.5, 0.6) is 0 Å².